The van der Waals surface area contributed by atoms with Gasteiger partial charge in [0.25, 0.3) is 0 Å². The zero-order chi connectivity index (χ0) is 26.5. The third-order valence-corrected chi connectivity index (χ3v) is 8.26. The summed E-state index contributed by atoms with van der Waals surface area (Å²) in [6.07, 6.45) is 0. The Morgan fingerprint density at radius 2 is 0.775 bits per heavy atom. The highest BCUT2D eigenvalue weighted by Crippen LogP contribution is 2.39. The van der Waals surface area contributed by atoms with Gasteiger partial charge in [0.1, 0.15) is 0 Å². The summed E-state index contributed by atoms with van der Waals surface area (Å²) in [6, 6.07) is 57.5. The molecule has 0 unspecified atom stereocenters. The third kappa shape index (κ3) is 3.69. The van der Waals surface area contributed by atoms with Gasteiger partial charge in [-0.3, -0.25) is 0 Å². The molecule has 0 N–H and O–H groups in total. The normalized spacial score (nSPS) is 11.5. The quantitative estimate of drug-likeness (QED) is 0.209. The summed E-state index contributed by atoms with van der Waals surface area (Å²) in [5.74, 6) is 0. The van der Waals surface area contributed by atoms with Gasteiger partial charge in [-0.1, -0.05) is 146 Å². The van der Waals surface area contributed by atoms with E-state index in [4.69, 9.17) is 0 Å². The fourth-order valence-electron chi connectivity index (χ4n) is 6.29. The molecule has 186 valence electrons. The number of benzene rings is 8. The Morgan fingerprint density at radius 3 is 1.55 bits per heavy atom. The standard InChI is InChI=1S/C40H26/c1-2-9-27(10-3-1)29-19-21-34-30(25-29)17-18-31-26-32(20-22-35(31)34)36-23-24-40(39-15-7-6-14-37(36)39)38-16-8-12-28-11-4-5-13-33(28)38/h1-26H. The average Bonchev–Trinajstić information content (AvgIpc) is 3.04. The van der Waals surface area contributed by atoms with Gasteiger partial charge >= 0.3 is 0 Å². The molecule has 0 aliphatic rings. The van der Waals surface area contributed by atoms with Crippen molar-refractivity contribution in [2.24, 2.45) is 0 Å². The summed E-state index contributed by atoms with van der Waals surface area (Å²) in [4.78, 5) is 0. The molecule has 0 nitrogen and oxygen atoms in total. The Morgan fingerprint density at radius 1 is 0.225 bits per heavy atom. The van der Waals surface area contributed by atoms with E-state index >= 15 is 0 Å². The first kappa shape index (κ1) is 22.8. The van der Waals surface area contributed by atoms with Gasteiger partial charge < -0.3 is 0 Å². The maximum atomic E-state index is 2.35. The number of hydrogen-bond acceptors (Lipinski definition) is 0. The molecule has 0 saturated carbocycles. The zero-order valence-corrected chi connectivity index (χ0v) is 22.0. The Labute approximate surface area is 233 Å². The lowest BCUT2D eigenvalue weighted by molar-refractivity contribution is 1.64. The van der Waals surface area contributed by atoms with Crippen molar-refractivity contribution in [3.63, 3.8) is 0 Å². The van der Waals surface area contributed by atoms with E-state index in [9.17, 15) is 0 Å². The van der Waals surface area contributed by atoms with Crippen LogP contribution in [0.3, 0.4) is 0 Å². The van der Waals surface area contributed by atoms with Crippen molar-refractivity contribution in [2.45, 2.75) is 0 Å². The summed E-state index contributed by atoms with van der Waals surface area (Å²) in [6.45, 7) is 0. The Kier molecular flexibility index (Phi) is 5.24. The highest BCUT2D eigenvalue weighted by molar-refractivity contribution is 6.12. The van der Waals surface area contributed by atoms with Gasteiger partial charge in [0.05, 0.1) is 0 Å². The summed E-state index contributed by atoms with van der Waals surface area (Å²) >= 11 is 0. The lowest BCUT2D eigenvalue weighted by atomic mass is 9.89. The van der Waals surface area contributed by atoms with Gasteiger partial charge in [-0.15, -0.1) is 0 Å². The third-order valence-electron chi connectivity index (χ3n) is 8.26. The van der Waals surface area contributed by atoms with Crippen LogP contribution in [0.15, 0.2) is 158 Å². The molecule has 40 heavy (non-hydrogen) atoms. The number of hydrogen-bond donors (Lipinski definition) is 0. The second-order valence-corrected chi connectivity index (χ2v) is 10.5. The molecule has 0 aromatic heterocycles. The predicted octanol–water partition coefficient (Wildman–Crippen LogP) is 11.3. The largest absolute Gasteiger partial charge is 0.0622 e. The van der Waals surface area contributed by atoms with Crippen molar-refractivity contribution in [1.29, 1.82) is 0 Å². The van der Waals surface area contributed by atoms with Crippen LogP contribution < -0.4 is 0 Å². The number of fused-ring (bicyclic) bond motifs is 5. The van der Waals surface area contributed by atoms with E-state index in [0.717, 1.165) is 0 Å². The van der Waals surface area contributed by atoms with E-state index < -0.39 is 0 Å². The smallest absolute Gasteiger partial charge is 0.00987 e. The fraction of sp³-hybridized carbons (Fsp3) is 0. The molecule has 8 rings (SSSR count). The molecule has 0 spiro atoms. The summed E-state index contributed by atoms with van der Waals surface area (Å²) < 4.78 is 0. The molecule has 0 heteroatoms. The predicted molar refractivity (Wildman–Crippen MR) is 173 cm³/mol. The van der Waals surface area contributed by atoms with Crippen LogP contribution in [0.4, 0.5) is 0 Å². The van der Waals surface area contributed by atoms with Crippen LogP contribution in [0, 0.1) is 0 Å². The molecule has 0 heterocycles. The summed E-state index contributed by atoms with van der Waals surface area (Å²) in [7, 11) is 0. The van der Waals surface area contributed by atoms with E-state index in [1.54, 1.807) is 0 Å². The first-order valence-corrected chi connectivity index (χ1v) is 13.9. The lowest BCUT2D eigenvalue weighted by Gasteiger charge is -2.15. The van der Waals surface area contributed by atoms with Crippen LogP contribution in [-0.4, -0.2) is 0 Å². The van der Waals surface area contributed by atoms with Crippen LogP contribution in [0.2, 0.25) is 0 Å². The Balaban J connectivity index is 1.27. The van der Waals surface area contributed by atoms with Gasteiger partial charge in [-0.05, 0) is 88.6 Å². The molecule has 0 aliphatic heterocycles. The highest BCUT2D eigenvalue weighted by atomic mass is 14.2. The van der Waals surface area contributed by atoms with E-state index in [2.05, 4.69) is 158 Å². The van der Waals surface area contributed by atoms with E-state index in [-0.39, 0.29) is 0 Å². The monoisotopic (exact) mass is 506 g/mol. The van der Waals surface area contributed by atoms with Crippen molar-refractivity contribution >= 4 is 43.1 Å². The molecule has 0 atom stereocenters. The molecular weight excluding hydrogens is 480 g/mol. The maximum Gasteiger partial charge on any atom is -0.00987 e. The second-order valence-electron chi connectivity index (χ2n) is 10.5. The van der Waals surface area contributed by atoms with E-state index in [0.29, 0.717) is 0 Å². The molecule has 0 fully saturated rings. The van der Waals surface area contributed by atoms with Crippen molar-refractivity contribution in [3.8, 4) is 33.4 Å². The highest BCUT2D eigenvalue weighted by Gasteiger charge is 2.12. The van der Waals surface area contributed by atoms with Crippen molar-refractivity contribution < 1.29 is 0 Å². The van der Waals surface area contributed by atoms with Crippen molar-refractivity contribution in [3.05, 3.63) is 158 Å². The van der Waals surface area contributed by atoms with Gasteiger partial charge in [-0.25, -0.2) is 0 Å². The Hall–Kier alpha value is -5.20. The second kappa shape index (κ2) is 9.22. The minimum atomic E-state index is 1.24. The van der Waals surface area contributed by atoms with Gasteiger partial charge in [0.15, 0.2) is 0 Å². The zero-order valence-electron chi connectivity index (χ0n) is 22.0. The molecule has 0 radical (unpaired) electrons. The minimum Gasteiger partial charge on any atom is -0.0622 e. The molecule has 8 aromatic carbocycles. The van der Waals surface area contributed by atoms with Gasteiger partial charge in [0.2, 0.25) is 0 Å². The molecule has 0 aliphatic carbocycles. The van der Waals surface area contributed by atoms with Crippen LogP contribution in [0.25, 0.3) is 76.5 Å². The van der Waals surface area contributed by atoms with Gasteiger partial charge in [0, 0.05) is 0 Å². The van der Waals surface area contributed by atoms with E-state index in [1.807, 2.05) is 0 Å². The van der Waals surface area contributed by atoms with Crippen LogP contribution in [0.5, 0.6) is 0 Å². The molecule has 0 saturated heterocycles. The van der Waals surface area contributed by atoms with Crippen LogP contribution >= 0.6 is 0 Å². The first-order valence-electron chi connectivity index (χ1n) is 13.9. The summed E-state index contributed by atoms with van der Waals surface area (Å²) in [5.41, 5.74) is 7.56. The van der Waals surface area contributed by atoms with Crippen molar-refractivity contribution in [2.75, 3.05) is 0 Å². The average molecular weight is 507 g/mol. The van der Waals surface area contributed by atoms with Crippen LogP contribution in [0.1, 0.15) is 0 Å². The minimum absolute atomic E-state index is 1.24. The topological polar surface area (TPSA) is 0 Å². The fourth-order valence-corrected chi connectivity index (χ4v) is 6.29. The van der Waals surface area contributed by atoms with Crippen LogP contribution in [-0.2, 0) is 0 Å². The van der Waals surface area contributed by atoms with E-state index in [1.165, 1.54) is 76.5 Å². The summed E-state index contributed by atoms with van der Waals surface area (Å²) in [5, 5.41) is 10.2. The van der Waals surface area contributed by atoms with Crippen molar-refractivity contribution in [1.82, 2.24) is 0 Å². The molecule has 0 bridgehead atoms. The maximum absolute atomic E-state index is 2.35. The molecular formula is C40H26. The SMILES string of the molecule is c1ccc(-c2ccc3c(ccc4cc(-c5ccc(-c6cccc7ccccc67)c6ccccc56)ccc43)c2)cc1. The van der Waals surface area contributed by atoms with Gasteiger partial charge in [-0.2, -0.15) is 0 Å². The first-order chi connectivity index (χ1) is 19.8. The molecule has 0 amide bonds. The lowest BCUT2D eigenvalue weighted by Crippen LogP contribution is -1.88. The Bertz CT molecular complexity index is 2200. The molecule has 8 aromatic rings. The number of rotatable bonds is 3.